The van der Waals surface area contributed by atoms with Crippen LogP contribution in [-0.2, 0) is 11.2 Å². The second-order valence-corrected chi connectivity index (χ2v) is 7.41. The Morgan fingerprint density at radius 3 is 2.67 bits per heavy atom. The molecule has 160 valence electrons. The molecule has 0 radical (unpaired) electrons. The normalized spacial score (nSPS) is 14.0. The molecule has 1 saturated heterocycles. The summed E-state index contributed by atoms with van der Waals surface area (Å²) in [6.07, 6.45) is 2.09. The second kappa shape index (κ2) is 10.6. The third kappa shape index (κ3) is 5.97. The standard InChI is InChI=1S/C23H30N4O3/c1-17-6-3-4-7-19(17)25-23(29)26-20-10-8-18(16-21(20)30-2)9-11-22(28)27-14-5-12-24-13-15-27/h3-4,6-8,10,16,24H,5,9,11-15H2,1-2H3,(H2,25,26,29). The maximum atomic E-state index is 12.5. The molecule has 0 aliphatic carbocycles. The minimum Gasteiger partial charge on any atom is -0.495 e. The maximum absolute atomic E-state index is 12.5. The summed E-state index contributed by atoms with van der Waals surface area (Å²) in [6.45, 7) is 5.33. The predicted octanol–water partition coefficient (Wildman–Crippen LogP) is 3.40. The number of urea groups is 1. The number of rotatable bonds is 6. The van der Waals surface area contributed by atoms with E-state index in [2.05, 4.69) is 16.0 Å². The van der Waals surface area contributed by atoms with Gasteiger partial charge in [0.15, 0.2) is 0 Å². The molecule has 3 amide bonds. The van der Waals surface area contributed by atoms with Gasteiger partial charge in [-0.25, -0.2) is 4.79 Å². The molecule has 30 heavy (non-hydrogen) atoms. The summed E-state index contributed by atoms with van der Waals surface area (Å²) < 4.78 is 5.45. The number of nitrogens with zero attached hydrogens (tertiary/aromatic N) is 1. The van der Waals surface area contributed by atoms with Gasteiger partial charge in [-0.05, 0) is 55.6 Å². The highest BCUT2D eigenvalue weighted by molar-refractivity contribution is 6.01. The van der Waals surface area contributed by atoms with Crippen LogP contribution in [0.2, 0.25) is 0 Å². The number of amides is 3. The molecule has 0 spiro atoms. The zero-order valence-electron chi connectivity index (χ0n) is 17.7. The predicted molar refractivity (Wildman–Crippen MR) is 119 cm³/mol. The monoisotopic (exact) mass is 410 g/mol. The van der Waals surface area contributed by atoms with Crippen molar-refractivity contribution in [3.8, 4) is 5.75 Å². The molecule has 0 aromatic heterocycles. The summed E-state index contributed by atoms with van der Waals surface area (Å²) in [5.74, 6) is 0.747. The lowest BCUT2D eigenvalue weighted by atomic mass is 10.1. The molecule has 1 aliphatic rings. The van der Waals surface area contributed by atoms with E-state index in [0.717, 1.165) is 49.4 Å². The van der Waals surface area contributed by atoms with Gasteiger partial charge in [0.05, 0.1) is 12.8 Å². The highest BCUT2D eigenvalue weighted by Crippen LogP contribution is 2.26. The molecule has 0 unspecified atom stereocenters. The number of ether oxygens (including phenoxy) is 1. The van der Waals surface area contributed by atoms with E-state index in [1.165, 1.54) is 0 Å². The van der Waals surface area contributed by atoms with Crippen LogP contribution in [0.5, 0.6) is 5.75 Å². The second-order valence-electron chi connectivity index (χ2n) is 7.41. The minimum absolute atomic E-state index is 0.178. The molecule has 1 aliphatic heterocycles. The van der Waals surface area contributed by atoms with Crippen LogP contribution in [-0.4, -0.2) is 50.1 Å². The smallest absolute Gasteiger partial charge is 0.323 e. The first kappa shape index (κ1) is 21.6. The van der Waals surface area contributed by atoms with E-state index in [1.807, 2.05) is 54.3 Å². The van der Waals surface area contributed by atoms with Gasteiger partial charge in [0.25, 0.3) is 0 Å². The zero-order chi connectivity index (χ0) is 21.3. The van der Waals surface area contributed by atoms with E-state index < -0.39 is 0 Å². The number of methoxy groups -OCH3 is 1. The number of para-hydroxylation sites is 1. The Kier molecular flexibility index (Phi) is 7.68. The van der Waals surface area contributed by atoms with Crippen molar-refractivity contribution in [2.45, 2.75) is 26.2 Å². The number of nitrogens with one attached hydrogen (secondary N) is 3. The van der Waals surface area contributed by atoms with Crippen molar-refractivity contribution in [1.29, 1.82) is 0 Å². The fraction of sp³-hybridized carbons (Fsp3) is 0.391. The fourth-order valence-corrected chi connectivity index (χ4v) is 3.49. The van der Waals surface area contributed by atoms with Crippen molar-refractivity contribution in [2.24, 2.45) is 0 Å². The van der Waals surface area contributed by atoms with Crippen LogP contribution < -0.4 is 20.7 Å². The van der Waals surface area contributed by atoms with Crippen LogP contribution in [0.1, 0.15) is 24.0 Å². The molecule has 0 atom stereocenters. The van der Waals surface area contributed by atoms with Crippen molar-refractivity contribution >= 4 is 23.3 Å². The Hall–Kier alpha value is -3.06. The number of hydrogen-bond donors (Lipinski definition) is 3. The number of benzene rings is 2. The van der Waals surface area contributed by atoms with Gasteiger partial charge in [0.2, 0.25) is 5.91 Å². The molecule has 0 saturated carbocycles. The third-order valence-corrected chi connectivity index (χ3v) is 5.23. The van der Waals surface area contributed by atoms with Crippen molar-refractivity contribution in [2.75, 3.05) is 43.9 Å². The van der Waals surface area contributed by atoms with Gasteiger partial charge in [0.1, 0.15) is 5.75 Å². The number of aryl methyl sites for hydroxylation is 2. The maximum Gasteiger partial charge on any atom is 0.323 e. The van der Waals surface area contributed by atoms with Gasteiger partial charge in [-0.1, -0.05) is 24.3 Å². The van der Waals surface area contributed by atoms with Gasteiger partial charge in [0, 0.05) is 31.7 Å². The molecule has 2 aromatic carbocycles. The van der Waals surface area contributed by atoms with Crippen LogP contribution >= 0.6 is 0 Å². The lowest BCUT2D eigenvalue weighted by Gasteiger charge is -2.20. The van der Waals surface area contributed by atoms with Crippen molar-refractivity contribution < 1.29 is 14.3 Å². The summed E-state index contributed by atoms with van der Waals surface area (Å²) in [5, 5.41) is 8.99. The summed E-state index contributed by atoms with van der Waals surface area (Å²) >= 11 is 0. The van der Waals surface area contributed by atoms with E-state index in [9.17, 15) is 9.59 Å². The van der Waals surface area contributed by atoms with Gasteiger partial charge < -0.3 is 25.6 Å². The Labute approximate surface area is 177 Å². The van der Waals surface area contributed by atoms with Crippen LogP contribution in [0.15, 0.2) is 42.5 Å². The molecule has 2 aromatic rings. The molecule has 1 fully saturated rings. The quantitative estimate of drug-likeness (QED) is 0.682. The van der Waals surface area contributed by atoms with Gasteiger partial charge in [-0.3, -0.25) is 4.79 Å². The van der Waals surface area contributed by atoms with E-state index >= 15 is 0 Å². The lowest BCUT2D eigenvalue weighted by molar-refractivity contribution is -0.130. The van der Waals surface area contributed by atoms with Crippen molar-refractivity contribution in [1.82, 2.24) is 10.2 Å². The van der Waals surface area contributed by atoms with E-state index in [0.29, 0.717) is 24.3 Å². The van der Waals surface area contributed by atoms with Crippen molar-refractivity contribution in [3.63, 3.8) is 0 Å². The Balaban J connectivity index is 1.58. The summed E-state index contributed by atoms with van der Waals surface area (Å²) in [5.41, 5.74) is 3.32. The largest absolute Gasteiger partial charge is 0.495 e. The molecule has 1 heterocycles. The number of carbonyl (C=O) groups is 2. The van der Waals surface area contributed by atoms with Crippen LogP contribution in [0.4, 0.5) is 16.2 Å². The minimum atomic E-state index is -0.333. The highest BCUT2D eigenvalue weighted by atomic mass is 16.5. The van der Waals surface area contributed by atoms with Crippen LogP contribution in [0.25, 0.3) is 0 Å². The summed E-state index contributed by atoms with van der Waals surface area (Å²) in [6, 6.07) is 12.9. The number of hydrogen-bond acceptors (Lipinski definition) is 4. The van der Waals surface area contributed by atoms with Gasteiger partial charge in [-0.2, -0.15) is 0 Å². The molecule has 7 heteroatoms. The average Bonchev–Trinajstić information content (AvgIpc) is 3.04. The van der Waals surface area contributed by atoms with E-state index in [4.69, 9.17) is 4.74 Å². The molecule has 7 nitrogen and oxygen atoms in total. The number of carbonyl (C=O) groups excluding carboxylic acids is 2. The zero-order valence-corrected chi connectivity index (χ0v) is 17.7. The highest BCUT2D eigenvalue weighted by Gasteiger charge is 2.16. The van der Waals surface area contributed by atoms with Gasteiger partial charge >= 0.3 is 6.03 Å². The SMILES string of the molecule is COc1cc(CCC(=O)N2CCCNCC2)ccc1NC(=O)Nc1ccccc1C. The van der Waals surface area contributed by atoms with E-state index in [-0.39, 0.29) is 11.9 Å². The Morgan fingerprint density at radius 1 is 1.07 bits per heavy atom. The first-order chi connectivity index (χ1) is 14.6. The fourth-order valence-electron chi connectivity index (χ4n) is 3.49. The average molecular weight is 411 g/mol. The van der Waals surface area contributed by atoms with Crippen LogP contribution in [0.3, 0.4) is 0 Å². The topological polar surface area (TPSA) is 82.7 Å². The Morgan fingerprint density at radius 2 is 1.87 bits per heavy atom. The van der Waals surface area contributed by atoms with Gasteiger partial charge in [-0.15, -0.1) is 0 Å². The number of anilines is 2. The first-order valence-corrected chi connectivity index (χ1v) is 10.4. The Bertz CT molecular complexity index is 877. The lowest BCUT2D eigenvalue weighted by Crippen LogP contribution is -2.34. The van der Waals surface area contributed by atoms with Crippen LogP contribution in [0, 0.1) is 6.92 Å². The molecular formula is C23H30N4O3. The van der Waals surface area contributed by atoms with E-state index in [1.54, 1.807) is 7.11 Å². The molecule has 0 bridgehead atoms. The molecular weight excluding hydrogens is 380 g/mol. The molecule has 3 N–H and O–H groups in total. The third-order valence-electron chi connectivity index (χ3n) is 5.23. The van der Waals surface area contributed by atoms with Crippen molar-refractivity contribution in [3.05, 3.63) is 53.6 Å². The first-order valence-electron chi connectivity index (χ1n) is 10.4. The molecule has 3 rings (SSSR count). The summed E-state index contributed by atoms with van der Waals surface area (Å²) in [4.78, 5) is 26.8. The summed E-state index contributed by atoms with van der Waals surface area (Å²) in [7, 11) is 1.57.